The highest BCUT2D eigenvalue weighted by atomic mass is 16.2. The molecule has 0 aromatic carbocycles. The Hall–Kier alpha value is -1.72. The first-order chi connectivity index (χ1) is 7.84. The van der Waals surface area contributed by atoms with Gasteiger partial charge in [-0.15, -0.1) is 0 Å². The van der Waals surface area contributed by atoms with Gasteiger partial charge in [-0.05, 0) is 12.8 Å². The van der Waals surface area contributed by atoms with Crippen molar-refractivity contribution in [3.05, 3.63) is 0 Å². The molecule has 1 unspecified atom stereocenters. The van der Waals surface area contributed by atoms with Gasteiger partial charge in [0.15, 0.2) is 0 Å². The fourth-order valence-electron chi connectivity index (χ4n) is 2.09. The van der Waals surface area contributed by atoms with E-state index in [9.17, 15) is 19.2 Å². The first-order valence-corrected chi connectivity index (χ1v) is 5.50. The SMILES string of the molecule is CCC(C)C1(CC(C)=O)C(=O)NC(=O)NC1=O. The summed E-state index contributed by atoms with van der Waals surface area (Å²) in [6.45, 7) is 4.86. The third-order valence-corrected chi connectivity index (χ3v) is 3.25. The smallest absolute Gasteiger partial charge is 0.300 e. The molecule has 94 valence electrons. The molecule has 1 aliphatic rings. The van der Waals surface area contributed by atoms with Gasteiger partial charge < -0.3 is 0 Å². The number of Topliss-reactive ketones (excluding diaryl/α,β-unsaturated/α-hetero) is 1. The molecule has 2 N–H and O–H groups in total. The Kier molecular flexibility index (Phi) is 3.65. The van der Waals surface area contributed by atoms with Crippen LogP contribution in [0.3, 0.4) is 0 Å². The maximum absolute atomic E-state index is 11.9. The van der Waals surface area contributed by atoms with Gasteiger partial charge in [0.1, 0.15) is 11.2 Å². The molecule has 0 aromatic heterocycles. The second kappa shape index (κ2) is 4.65. The lowest BCUT2D eigenvalue weighted by Crippen LogP contribution is -2.65. The maximum atomic E-state index is 11.9. The van der Waals surface area contributed by atoms with Crippen LogP contribution < -0.4 is 10.6 Å². The minimum absolute atomic E-state index is 0.188. The van der Waals surface area contributed by atoms with Crippen LogP contribution >= 0.6 is 0 Å². The number of hydrogen-bond donors (Lipinski definition) is 2. The molecule has 1 atom stereocenters. The molecule has 0 radical (unpaired) electrons. The summed E-state index contributed by atoms with van der Waals surface area (Å²) in [6.07, 6.45) is 0.370. The van der Waals surface area contributed by atoms with Gasteiger partial charge in [-0.1, -0.05) is 20.3 Å². The Balaban J connectivity index is 3.20. The number of hydrogen-bond acceptors (Lipinski definition) is 4. The number of carbonyl (C=O) groups excluding carboxylic acids is 4. The monoisotopic (exact) mass is 240 g/mol. The normalized spacial score (nSPS) is 20.5. The predicted molar refractivity (Wildman–Crippen MR) is 58.9 cm³/mol. The molecule has 0 aliphatic carbocycles. The molecule has 0 spiro atoms. The van der Waals surface area contributed by atoms with Gasteiger partial charge in [0.25, 0.3) is 0 Å². The van der Waals surface area contributed by atoms with E-state index in [4.69, 9.17) is 0 Å². The van der Waals surface area contributed by atoms with Crippen molar-refractivity contribution in [1.29, 1.82) is 0 Å². The van der Waals surface area contributed by atoms with Crippen LogP contribution in [0, 0.1) is 11.3 Å². The summed E-state index contributed by atoms with van der Waals surface area (Å²) < 4.78 is 0. The summed E-state index contributed by atoms with van der Waals surface area (Å²) in [6, 6.07) is -0.831. The molecule has 4 amide bonds. The fraction of sp³-hybridized carbons (Fsp3) is 0.636. The van der Waals surface area contributed by atoms with Gasteiger partial charge in [0, 0.05) is 6.42 Å². The lowest BCUT2D eigenvalue weighted by atomic mass is 9.69. The molecule has 1 heterocycles. The maximum Gasteiger partial charge on any atom is 0.328 e. The first-order valence-electron chi connectivity index (χ1n) is 5.50. The van der Waals surface area contributed by atoms with E-state index < -0.39 is 23.3 Å². The zero-order valence-electron chi connectivity index (χ0n) is 10.1. The Labute approximate surface area is 99.1 Å². The molecule has 1 saturated heterocycles. The summed E-state index contributed by atoms with van der Waals surface area (Å²) in [4.78, 5) is 46.1. The highest BCUT2D eigenvalue weighted by molar-refractivity contribution is 6.20. The van der Waals surface area contributed by atoms with E-state index in [1.165, 1.54) is 6.92 Å². The summed E-state index contributed by atoms with van der Waals surface area (Å²) in [5.41, 5.74) is -1.46. The van der Waals surface area contributed by atoms with Gasteiger partial charge in [0.05, 0.1) is 0 Å². The van der Waals surface area contributed by atoms with Gasteiger partial charge in [-0.25, -0.2) is 4.79 Å². The van der Waals surface area contributed by atoms with Crippen LogP contribution in [0.1, 0.15) is 33.6 Å². The highest BCUT2D eigenvalue weighted by Gasteiger charge is 2.53. The summed E-state index contributed by atoms with van der Waals surface area (Å²) >= 11 is 0. The molecule has 17 heavy (non-hydrogen) atoms. The average molecular weight is 240 g/mol. The van der Waals surface area contributed by atoms with Gasteiger partial charge >= 0.3 is 6.03 Å². The molecule has 6 nitrogen and oxygen atoms in total. The van der Waals surface area contributed by atoms with Crippen LogP contribution in [-0.4, -0.2) is 23.6 Å². The molecule has 0 bridgehead atoms. The standard InChI is InChI=1S/C11H16N2O4/c1-4-6(2)11(5-7(3)14)8(15)12-10(17)13-9(11)16/h6H,4-5H2,1-3H3,(H2,12,13,15,16,17). The lowest BCUT2D eigenvalue weighted by Gasteiger charge is -2.37. The fourth-order valence-corrected chi connectivity index (χ4v) is 2.09. The van der Waals surface area contributed by atoms with E-state index in [0.717, 1.165) is 0 Å². The largest absolute Gasteiger partial charge is 0.328 e. The molecule has 6 heteroatoms. The molecule has 0 saturated carbocycles. The Morgan fingerprint density at radius 2 is 1.71 bits per heavy atom. The van der Waals surface area contributed by atoms with Crippen molar-refractivity contribution in [2.45, 2.75) is 33.6 Å². The molecule has 1 aliphatic heterocycles. The van der Waals surface area contributed by atoms with Crippen molar-refractivity contribution in [2.24, 2.45) is 11.3 Å². The highest BCUT2D eigenvalue weighted by Crippen LogP contribution is 2.36. The zero-order valence-corrected chi connectivity index (χ0v) is 10.1. The number of nitrogens with one attached hydrogen (secondary N) is 2. The summed E-state index contributed by atoms with van der Waals surface area (Å²) in [5.74, 6) is -1.95. The number of amides is 4. The van der Waals surface area contributed by atoms with Crippen molar-refractivity contribution < 1.29 is 19.2 Å². The van der Waals surface area contributed by atoms with Crippen molar-refractivity contribution in [2.75, 3.05) is 0 Å². The van der Waals surface area contributed by atoms with E-state index in [1.54, 1.807) is 6.92 Å². The number of barbiturate groups is 1. The Morgan fingerprint density at radius 1 is 1.24 bits per heavy atom. The summed E-state index contributed by atoms with van der Waals surface area (Å²) in [5, 5.41) is 4.12. The number of imide groups is 2. The Morgan fingerprint density at radius 3 is 2.06 bits per heavy atom. The predicted octanol–water partition coefficient (Wildman–Crippen LogP) is 0.364. The number of ketones is 1. The van der Waals surface area contributed by atoms with Crippen LogP contribution in [0.25, 0.3) is 0 Å². The quantitative estimate of drug-likeness (QED) is 0.694. The minimum Gasteiger partial charge on any atom is -0.300 e. The molecule has 1 rings (SSSR count). The van der Waals surface area contributed by atoms with E-state index in [0.29, 0.717) is 6.42 Å². The zero-order chi connectivity index (χ0) is 13.2. The van der Waals surface area contributed by atoms with E-state index in [1.807, 2.05) is 6.92 Å². The van der Waals surface area contributed by atoms with Crippen molar-refractivity contribution >= 4 is 23.6 Å². The van der Waals surface area contributed by atoms with Gasteiger partial charge in [0.2, 0.25) is 11.8 Å². The van der Waals surface area contributed by atoms with Crippen molar-refractivity contribution in [3.8, 4) is 0 Å². The minimum atomic E-state index is -1.46. The van der Waals surface area contributed by atoms with E-state index in [2.05, 4.69) is 10.6 Å². The summed E-state index contributed by atoms with van der Waals surface area (Å²) in [7, 11) is 0. The third kappa shape index (κ3) is 2.20. The first kappa shape index (κ1) is 13.3. The van der Waals surface area contributed by atoms with Gasteiger partial charge in [-0.2, -0.15) is 0 Å². The van der Waals surface area contributed by atoms with Crippen LogP contribution in [0.2, 0.25) is 0 Å². The number of urea groups is 1. The Bertz CT molecular complexity index is 369. The van der Waals surface area contributed by atoms with Crippen LogP contribution in [0.15, 0.2) is 0 Å². The van der Waals surface area contributed by atoms with Crippen LogP contribution in [0.4, 0.5) is 4.79 Å². The number of rotatable bonds is 4. The second-order valence-corrected chi connectivity index (χ2v) is 4.40. The average Bonchev–Trinajstić information content (AvgIpc) is 2.22. The number of carbonyl (C=O) groups is 4. The second-order valence-electron chi connectivity index (χ2n) is 4.40. The lowest BCUT2D eigenvalue weighted by molar-refractivity contribution is -0.151. The molecular formula is C11H16N2O4. The van der Waals surface area contributed by atoms with Crippen LogP contribution in [0.5, 0.6) is 0 Å². The van der Waals surface area contributed by atoms with Crippen LogP contribution in [-0.2, 0) is 14.4 Å². The van der Waals surface area contributed by atoms with Crippen molar-refractivity contribution in [3.63, 3.8) is 0 Å². The van der Waals surface area contributed by atoms with E-state index >= 15 is 0 Å². The third-order valence-electron chi connectivity index (χ3n) is 3.25. The molecular weight excluding hydrogens is 224 g/mol. The molecule has 0 aromatic rings. The topological polar surface area (TPSA) is 92.3 Å². The van der Waals surface area contributed by atoms with Crippen molar-refractivity contribution in [1.82, 2.24) is 10.6 Å². The van der Waals surface area contributed by atoms with Gasteiger partial charge in [-0.3, -0.25) is 25.0 Å². The molecule has 1 fully saturated rings. The van der Waals surface area contributed by atoms with E-state index in [-0.39, 0.29) is 18.1 Å².